The van der Waals surface area contributed by atoms with E-state index in [-0.39, 0.29) is 22.0 Å². The maximum atomic E-state index is 11.9. The fraction of sp³-hybridized carbons (Fsp3) is 0. The van der Waals surface area contributed by atoms with Crippen molar-refractivity contribution in [2.45, 2.75) is 0 Å². The number of nitrogens with zero attached hydrogens (tertiary/aromatic N) is 1. The molecule has 0 bridgehead atoms. The molecular weight excluding hydrogens is 336 g/mol. The first kappa shape index (κ1) is 17.2. The summed E-state index contributed by atoms with van der Waals surface area (Å²) in [5, 5.41) is 22.4. The Morgan fingerprint density at radius 2 is 1.83 bits per heavy atom. The van der Waals surface area contributed by atoms with E-state index >= 15 is 0 Å². The first-order chi connectivity index (χ1) is 11.4. The molecule has 7 nitrogen and oxygen atoms in total. The number of anilines is 1. The van der Waals surface area contributed by atoms with Crippen molar-refractivity contribution in [1.29, 1.82) is 0 Å². The van der Waals surface area contributed by atoms with Gasteiger partial charge in [0.2, 0.25) is 5.91 Å². The van der Waals surface area contributed by atoms with Crippen molar-refractivity contribution in [3.05, 3.63) is 74.8 Å². The number of hydrogen-bond acceptors (Lipinski definition) is 4. The smallest absolute Gasteiger partial charge is 0.337 e. The Balaban J connectivity index is 2.12. The number of non-ortho nitro benzene ring substituents is 1. The van der Waals surface area contributed by atoms with E-state index in [1.807, 2.05) is 0 Å². The Bertz CT molecular complexity index is 831. The molecule has 0 fully saturated rings. The van der Waals surface area contributed by atoms with E-state index in [9.17, 15) is 19.7 Å². The average molecular weight is 347 g/mol. The van der Waals surface area contributed by atoms with Gasteiger partial charge in [0.25, 0.3) is 5.69 Å². The molecule has 2 rings (SSSR count). The van der Waals surface area contributed by atoms with Gasteiger partial charge in [-0.15, -0.1) is 0 Å². The summed E-state index contributed by atoms with van der Waals surface area (Å²) in [7, 11) is 0. The molecule has 0 aromatic heterocycles. The molecule has 0 aliphatic rings. The minimum Gasteiger partial charge on any atom is -0.478 e. The molecule has 2 N–H and O–H groups in total. The zero-order chi connectivity index (χ0) is 17.7. The Labute approximate surface area is 141 Å². The molecule has 2 aromatic rings. The summed E-state index contributed by atoms with van der Waals surface area (Å²) < 4.78 is 0. The maximum Gasteiger partial charge on any atom is 0.337 e. The van der Waals surface area contributed by atoms with Gasteiger partial charge in [-0.2, -0.15) is 0 Å². The van der Waals surface area contributed by atoms with Gasteiger partial charge in [0.05, 0.1) is 16.2 Å². The molecule has 8 heteroatoms. The van der Waals surface area contributed by atoms with Crippen LogP contribution in [0.15, 0.2) is 48.5 Å². The Morgan fingerprint density at radius 1 is 1.17 bits per heavy atom. The minimum absolute atomic E-state index is 0.0540. The van der Waals surface area contributed by atoms with E-state index in [0.717, 1.165) is 0 Å². The molecule has 24 heavy (non-hydrogen) atoms. The second-order valence-corrected chi connectivity index (χ2v) is 5.10. The molecule has 0 aliphatic carbocycles. The summed E-state index contributed by atoms with van der Waals surface area (Å²) in [6.45, 7) is 0. The zero-order valence-corrected chi connectivity index (χ0v) is 12.9. The number of carboxylic acid groups (broad SMARTS) is 1. The summed E-state index contributed by atoms with van der Waals surface area (Å²) in [6.07, 6.45) is 2.64. The molecule has 1 amide bonds. The number of amides is 1. The number of carbonyl (C=O) groups is 2. The first-order valence-corrected chi connectivity index (χ1v) is 7.01. The lowest BCUT2D eigenvalue weighted by molar-refractivity contribution is -0.384. The summed E-state index contributed by atoms with van der Waals surface area (Å²) in [5.41, 5.74) is 0.520. The number of carbonyl (C=O) groups excluding carboxylic acids is 1. The molecule has 0 unspecified atom stereocenters. The lowest BCUT2D eigenvalue weighted by Crippen LogP contribution is -2.12. The van der Waals surface area contributed by atoms with Gasteiger partial charge in [-0.1, -0.05) is 11.6 Å². The third-order valence-corrected chi connectivity index (χ3v) is 3.24. The lowest BCUT2D eigenvalue weighted by atomic mass is 10.1. The van der Waals surface area contributed by atoms with E-state index in [1.165, 1.54) is 54.6 Å². The molecular formula is C16H11ClN2O5. The number of nitro benzene ring substituents is 1. The Morgan fingerprint density at radius 3 is 2.42 bits per heavy atom. The second kappa shape index (κ2) is 7.38. The predicted molar refractivity (Wildman–Crippen MR) is 89.2 cm³/mol. The summed E-state index contributed by atoms with van der Waals surface area (Å²) in [5.74, 6) is -1.75. The monoisotopic (exact) mass is 346 g/mol. The quantitative estimate of drug-likeness (QED) is 0.488. The van der Waals surface area contributed by atoms with Crippen LogP contribution in [0.4, 0.5) is 11.4 Å². The third kappa shape index (κ3) is 4.40. The Hall–Kier alpha value is -3.19. The normalized spacial score (nSPS) is 10.5. The van der Waals surface area contributed by atoms with Crippen LogP contribution < -0.4 is 5.32 Å². The molecule has 2 aromatic carbocycles. The van der Waals surface area contributed by atoms with Crippen LogP contribution in [0.3, 0.4) is 0 Å². The van der Waals surface area contributed by atoms with Crippen LogP contribution in [0.1, 0.15) is 15.9 Å². The molecule has 0 aliphatic heterocycles. The van der Waals surface area contributed by atoms with Crippen molar-refractivity contribution >= 4 is 40.9 Å². The largest absolute Gasteiger partial charge is 0.478 e. The number of nitrogens with one attached hydrogen (secondary N) is 1. The van der Waals surface area contributed by atoms with Gasteiger partial charge in [0.15, 0.2) is 0 Å². The summed E-state index contributed by atoms with van der Waals surface area (Å²) in [4.78, 5) is 33.1. The number of halogens is 1. The van der Waals surface area contributed by atoms with Crippen LogP contribution in [-0.4, -0.2) is 21.9 Å². The van der Waals surface area contributed by atoms with Crippen molar-refractivity contribution in [3.63, 3.8) is 0 Å². The predicted octanol–water partition coefficient (Wildman–Crippen LogP) is 3.60. The molecule has 0 heterocycles. The first-order valence-electron chi connectivity index (χ1n) is 6.63. The van der Waals surface area contributed by atoms with Crippen LogP contribution >= 0.6 is 11.6 Å². The highest BCUT2D eigenvalue weighted by Crippen LogP contribution is 2.21. The number of carboxylic acids is 1. The van der Waals surface area contributed by atoms with Crippen LogP contribution in [-0.2, 0) is 4.79 Å². The Kier molecular flexibility index (Phi) is 5.28. The minimum atomic E-state index is -1.19. The fourth-order valence-electron chi connectivity index (χ4n) is 1.86. The zero-order valence-electron chi connectivity index (χ0n) is 12.1. The molecule has 0 saturated heterocycles. The number of nitro groups is 1. The van der Waals surface area contributed by atoms with E-state index in [4.69, 9.17) is 16.7 Å². The van der Waals surface area contributed by atoms with Gasteiger partial charge in [-0.3, -0.25) is 14.9 Å². The average Bonchev–Trinajstić information content (AvgIpc) is 2.53. The van der Waals surface area contributed by atoms with Crippen LogP contribution in [0, 0.1) is 10.1 Å². The topological polar surface area (TPSA) is 110 Å². The van der Waals surface area contributed by atoms with E-state index in [0.29, 0.717) is 5.56 Å². The molecule has 0 saturated carbocycles. The van der Waals surface area contributed by atoms with Crippen LogP contribution in [0.5, 0.6) is 0 Å². The molecule has 0 spiro atoms. The van der Waals surface area contributed by atoms with Gasteiger partial charge in [-0.25, -0.2) is 4.79 Å². The van der Waals surface area contributed by atoms with Crippen molar-refractivity contribution in [2.75, 3.05) is 5.32 Å². The second-order valence-electron chi connectivity index (χ2n) is 4.67. The standard InChI is InChI=1S/C16H11ClN2O5/c17-11-4-7-13(16(21)22)14(9-11)18-15(20)8-3-10-1-5-12(6-2-10)19(23)24/h1-9H,(H,18,20)(H,21,22)/b8-3+. The number of rotatable bonds is 5. The van der Waals surface area contributed by atoms with Crippen molar-refractivity contribution in [2.24, 2.45) is 0 Å². The summed E-state index contributed by atoms with van der Waals surface area (Å²) in [6, 6.07) is 9.65. The number of aromatic carboxylic acids is 1. The van der Waals surface area contributed by atoms with Gasteiger partial charge >= 0.3 is 5.97 Å². The van der Waals surface area contributed by atoms with Gasteiger partial charge in [0, 0.05) is 23.2 Å². The van der Waals surface area contributed by atoms with Gasteiger partial charge in [-0.05, 0) is 42.0 Å². The SMILES string of the molecule is O=C(/C=C/c1ccc([N+](=O)[O-])cc1)Nc1cc(Cl)ccc1C(=O)O. The molecule has 0 atom stereocenters. The van der Waals surface area contributed by atoms with Crippen LogP contribution in [0.25, 0.3) is 6.08 Å². The highest BCUT2D eigenvalue weighted by molar-refractivity contribution is 6.31. The van der Waals surface area contributed by atoms with Crippen LogP contribution in [0.2, 0.25) is 5.02 Å². The lowest BCUT2D eigenvalue weighted by Gasteiger charge is -2.07. The van der Waals surface area contributed by atoms with E-state index < -0.39 is 16.8 Å². The van der Waals surface area contributed by atoms with Gasteiger partial charge in [0.1, 0.15) is 0 Å². The van der Waals surface area contributed by atoms with Crippen molar-refractivity contribution in [1.82, 2.24) is 0 Å². The maximum absolute atomic E-state index is 11.9. The highest BCUT2D eigenvalue weighted by atomic mass is 35.5. The third-order valence-electron chi connectivity index (χ3n) is 3.00. The van der Waals surface area contributed by atoms with E-state index in [1.54, 1.807) is 0 Å². The van der Waals surface area contributed by atoms with Crippen molar-refractivity contribution < 1.29 is 19.6 Å². The van der Waals surface area contributed by atoms with Crippen molar-refractivity contribution in [3.8, 4) is 0 Å². The van der Waals surface area contributed by atoms with Gasteiger partial charge < -0.3 is 10.4 Å². The summed E-state index contributed by atoms with van der Waals surface area (Å²) >= 11 is 5.80. The molecule has 0 radical (unpaired) electrons. The molecule has 122 valence electrons. The fourth-order valence-corrected chi connectivity index (χ4v) is 2.03. The van der Waals surface area contributed by atoms with E-state index in [2.05, 4.69) is 5.32 Å². The highest BCUT2D eigenvalue weighted by Gasteiger charge is 2.12. The number of hydrogen-bond donors (Lipinski definition) is 2. The number of benzene rings is 2.